The van der Waals surface area contributed by atoms with Gasteiger partial charge in [0.2, 0.25) is 5.91 Å². The summed E-state index contributed by atoms with van der Waals surface area (Å²) in [6.07, 6.45) is 2.00. The Kier molecular flexibility index (Phi) is 7.82. The summed E-state index contributed by atoms with van der Waals surface area (Å²) in [5, 5.41) is 9.39. The molecule has 1 aliphatic rings. The second kappa shape index (κ2) is 9.11. The number of carbonyl (C=O) groups is 2. The number of piperidine rings is 1. The minimum absolute atomic E-state index is 0. The average molecular weight is 360 g/mol. The summed E-state index contributed by atoms with van der Waals surface area (Å²) < 4.78 is 0. The minimum Gasteiger partial charge on any atom is -0.348 e. The molecule has 0 aliphatic carbocycles. The van der Waals surface area contributed by atoms with E-state index in [0.717, 1.165) is 25.9 Å². The monoisotopic (exact) mass is 359 g/mol. The first-order chi connectivity index (χ1) is 10.5. The summed E-state index contributed by atoms with van der Waals surface area (Å²) in [7, 11) is 0. The van der Waals surface area contributed by atoms with E-state index < -0.39 is 0 Å². The van der Waals surface area contributed by atoms with Crippen molar-refractivity contribution in [3.63, 3.8) is 0 Å². The van der Waals surface area contributed by atoms with Crippen LogP contribution >= 0.6 is 24.0 Å². The maximum Gasteiger partial charge on any atom is 0.253 e. The van der Waals surface area contributed by atoms with Crippen molar-refractivity contribution in [2.75, 3.05) is 18.4 Å². The molecule has 1 aromatic rings. The molecular formula is C16H23Cl2N3O2. The van der Waals surface area contributed by atoms with Gasteiger partial charge in [0, 0.05) is 24.2 Å². The number of anilines is 1. The summed E-state index contributed by atoms with van der Waals surface area (Å²) in [4.78, 5) is 24.1. The Labute approximate surface area is 148 Å². The van der Waals surface area contributed by atoms with Gasteiger partial charge in [0.25, 0.3) is 5.91 Å². The molecule has 23 heavy (non-hydrogen) atoms. The van der Waals surface area contributed by atoms with Crippen LogP contribution in [0, 0.1) is 5.92 Å². The van der Waals surface area contributed by atoms with Gasteiger partial charge in [-0.15, -0.1) is 12.4 Å². The maximum absolute atomic E-state index is 12.4. The van der Waals surface area contributed by atoms with Crippen LogP contribution in [0.15, 0.2) is 18.2 Å². The smallest absolute Gasteiger partial charge is 0.253 e. The van der Waals surface area contributed by atoms with Gasteiger partial charge in [-0.25, -0.2) is 0 Å². The van der Waals surface area contributed by atoms with Crippen molar-refractivity contribution in [1.82, 2.24) is 10.6 Å². The molecule has 2 rings (SSSR count). The highest BCUT2D eigenvalue weighted by Crippen LogP contribution is 2.21. The Morgan fingerprint density at radius 2 is 2.09 bits per heavy atom. The third-order valence-electron chi connectivity index (χ3n) is 3.63. The zero-order valence-electron chi connectivity index (χ0n) is 13.3. The largest absolute Gasteiger partial charge is 0.348 e. The van der Waals surface area contributed by atoms with Crippen molar-refractivity contribution in [3.05, 3.63) is 28.8 Å². The van der Waals surface area contributed by atoms with Gasteiger partial charge in [-0.05, 0) is 37.6 Å². The molecular weight excluding hydrogens is 337 g/mol. The van der Waals surface area contributed by atoms with E-state index in [1.165, 1.54) is 0 Å². The number of hydrogen-bond acceptors (Lipinski definition) is 3. The fraction of sp³-hybridized carbons (Fsp3) is 0.500. The predicted octanol–water partition coefficient (Wildman–Crippen LogP) is 2.84. The van der Waals surface area contributed by atoms with E-state index in [-0.39, 0.29) is 36.2 Å². The number of benzene rings is 1. The number of hydrogen-bond donors (Lipinski definition) is 3. The lowest BCUT2D eigenvalue weighted by atomic mass is 10.1. The normalized spacial score (nSPS) is 17.3. The number of amides is 2. The second-order valence-corrected chi connectivity index (χ2v) is 6.26. The molecule has 0 spiro atoms. The number of halogens is 2. The quantitative estimate of drug-likeness (QED) is 0.773. The van der Waals surface area contributed by atoms with Gasteiger partial charge < -0.3 is 16.0 Å². The van der Waals surface area contributed by atoms with Gasteiger partial charge in [-0.3, -0.25) is 9.59 Å². The molecule has 3 N–H and O–H groups in total. The molecule has 1 saturated heterocycles. The summed E-state index contributed by atoms with van der Waals surface area (Å²) in [5.74, 6) is -0.425. The Morgan fingerprint density at radius 1 is 1.35 bits per heavy atom. The summed E-state index contributed by atoms with van der Waals surface area (Å²) in [6.45, 7) is 5.39. The highest BCUT2D eigenvalue weighted by molar-refractivity contribution is 6.34. The topological polar surface area (TPSA) is 70.2 Å². The SMILES string of the molecule is CC(C)C(=O)Nc1ccc(Cl)c(C(=O)N[C@H]2CCCNC2)c1.Cl. The van der Waals surface area contributed by atoms with Crippen molar-refractivity contribution < 1.29 is 9.59 Å². The van der Waals surface area contributed by atoms with Crippen LogP contribution in [0.5, 0.6) is 0 Å². The zero-order valence-corrected chi connectivity index (χ0v) is 14.9. The van der Waals surface area contributed by atoms with Crippen LogP contribution in [0.25, 0.3) is 0 Å². The van der Waals surface area contributed by atoms with Crippen LogP contribution in [0.4, 0.5) is 5.69 Å². The molecule has 128 valence electrons. The van der Waals surface area contributed by atoms with Crippen LogP contribution in [0.1, 0.15) is 37.0 Å². The minimum atomic E-state index is -0.209. The number of rotatable bonds is 4. The van der Waals surface area contributed by atoms with Crippen molar-refractivity contribution in [3.8, 4) is 0 Å². The standard InChI is InChI=1S/C16H22ClN3O2.ClH/c1-10(2)15(21)19-11-5-6-14(17)13(8-11)16(22)20-12-4-3-7-18-9-12;/h5-6,8,10,12,18H,3-4,7,9H2,1-2H3,(H,19,21)(H,20,22);1H/t12-;/m0./s1. The van der Waals surface area contributed by atoms with E-state index in [2.05, 4.69) is 16.0 Å². The lowest BCUT2D eigenvalue weighted by Gasteiger charge is -2.24. The van der Waals surface area contributed by atoms with Gasteiger partial charge in [0.15, 0.2) is 0 Å². The molecule has 7 heteroatoms. The Balaban J connectivity index is 0.00000264. The summed E-state index contributed by atoms with van der Waals surface area (Å²) in [6, 6.07) is 5.06. The maximum atomic E-state index is 12.4. The molecule has 1 heterocycles. The summed E-state index contributed by atoms with van der Waals surface area (Å²) in [5.41, 5.74) is 0.962. The summed E-state index contributed by atoms with van der Waals surface area (Å²) >= 11 is 6.12. The van der Waals surface area contributed by atoms with E-state index in [0.29, 0.717) is 16.3 Å². The van der Waals surface area contributed by atoms with Crippen LogP contribution in [0.3, 0.4) is 0 Å². The first-order valence-corrected chi connectivity index (χ1v) is 7.97. The number of nitrogens with one attached hydrogen (secondary N) is 3. The predicted molar refractivity (Wildman–Crippen MR) is 95.5 cm³/mol. The molecule has 5 nitrogen and oxygen atoms in total. The molecule has 0 radical (unpaired) electrons. The Morgan fingerprint density at radius 3 is 2.70 bits per heavy atom. The molecule has 1 aromatic carbocycles. The van der Waals surface area contributed by atoms with E-state index in [1.54, 1.807) is 18.2 Å². The molecule has 1 aliphatic heterocycles. The first-order valence-electron chi connectivity index (χ1n) is 7.59. The van der Waals surface area contributed by atoms with Crippen LogP contribution in [0.2, 0.25) is 5.02 Å². The molecule has 0 saturated carbocycles. The molecule has 0 aromatic heterocycles. The van der Waals surface area contributed by atoms with Gasteiger partial charge >= 0.3 is 0 Å². The van der Waals surface area contributed by atoms with Crippen molar-refractivity contribution in [2.45, 2.75) is 32.7 Å². The van der Waals surface area contributed by atoms with Gasteiger partial charge in [-0.2, -0.15) is 0 Å². The lowest BCUT2D eigenvalue weighted by Crippen LogP contribution is -2.45. The zero-order chi connectivity index (χ0) is 16.1. The fourth-order valence-corrected chi connectivity index (χ4v) is 2.51. The van der Waals surface area contributed by atoms with E-state index in [9.17, 15) is 9.59 Å². The second-order valence-electron chi connectivity index (χ2n) is 5.86. The average Bonchev–Trinajstić information content (AvgIpc) is 2.50. The molecule has 0 bridgehead atoms. The fourth-order valence-electron chi connectivity index (χ4n) is 2.30. The Hall–Kier alpha value is -1.30. The highest BCUT2D eigenvalue weighted by Gasteiger charge is 2.19. The van der Waals surface area contributed by atoms with Gasteiger partial charge in [0.05, 0.1) is 10.6 Å². The first kappa shape index (κ1) is 19.7. The van der Waals surface area contributed by atoms with Crippen LogP contribution < -0.4 is 16.0 Å². The lowest BCUT2D eigenvalue weighted by molar-refractivity contribution is -0.118. The Bertz CT molecular complexity index is 558. The third-order valence-corrected chi connectivity index (χ3v) is 3.96. The van der Waals surface area contributed by atoms with Crippen molar-refractivity contribution in [1.29, 1.82) is 0 Å². The molecule has 0 unspecified atom stereocenters. The molecule has 1 atom stereocenters. The third kappa shape index (κ3) is 5.68. The van der Waals surface area contributed by atoms with E-state index in [1.807, 2.05) is 13.8 Å². The highest BCUT2D eigenvalue weighted by atomic mass is 35.5. The van der Waals surface area contributed by atoms with Gasteiger partial charge in [-0.1, -0.05) is 25.4 Å². The van der Waals surface area contributed by atoms with Crippen molar-refractivity contribution in [2.24, 2.45) is 5.92 Å². The van der Waals surface area contributed by atoms with Gasteiger partial charge in [0.1, 0.15) is 0 Å². The van der Waals surface area contributed by atoms with E-state index >= 15 is 0 Å². The molecule has 1 fully saturated rings. The van der Waals surface area contributed by atoms with Crippen LogP contribution in [-0.4, -0.2) is 30.9 Å². The molecule has 2 amide bonds. The number of carbonyl (C=O) groups excluding carboxylic acids is 2. The van der Waals surface area contributed by atoms with Crippen molar-refractivity contribution >= 4 is 41.5 Å². The van der Waals surface area contributed by atoms with Crippen LogP contribution in [-0.2, 0) is 4.79 Å². The van der Waals surface area contributed by atoms with E-state index in [4.69, 9.17) is 11.6 Å².